The van der Waals surface area contributed by atoms with Gasteiger partial charge in [0.05, 0.1) is 5.02 Å². The van der Waals surface area contributed by atoms with Gasteiger partial charge in [0.1, 0.15) is 10.8 Å². The van der Waals surface area contributed by atoms with Crippen LogP contribution in [0.4, 0.5) is 5.69 Å². The van der Waals surface area contributed by atoms with Crippen molar-refractivity contribution in [1.82, 2.24) is 4.98 Å². The Balaban J connectivity index is 2.21. The fourth-order valence-corrected chi connectivity index (χ4v) is 1.77. The quantitative estimate of drug-likeness (QED) is 0.841. The molecule has 0 saturated carbocycles. The van der Waals surface area contributed by atoms with E-state index < -0.39 is 5.91 Å². The molecule has 3 nitrogen and oxygen atoms in total. The molecule has 0 saturated heterocycles. The Morgan fingerprint density at radius 1 is 1.00 bits per heavy atom. The van der Waals surface area contributed by atoms with E-state index in [9.17, 15) is 4.79 Å². The summed E-state index contributed by atoms with van der Waals surface area (Å²) in [4.78, 5) is 15.8. The van der Waals surface area contributed by atoms with Crippen LogP contribution in [0.3, 0.4) is 0 Å². The molecule has 1 N–H and O–H groups in total. The molecule has 1 amide bonds. The normalized spacial score (nSPS) is 10.2. The fourth-order valence-electron chi connectivity index (χ4n) is 1.30. The van der Waals surface area contributed by atoms with Crippen LogP contribution in [0.5, 0.6) is 0 Å². The molecule has 6 heteroatoms. The van der Waals surface area contributed by atoms with Crippen molar-refractivity contribution in [3.63, 3.8) is 0 Å². The Morgan fingerprint density at radius 2 is 1.67 bits per heavy atom. The average Bonchev–Trinajstić information content (AvgIpc) is 2.35. The SMILES string of the molecule is O=C(Nc1ccc(Cl)cc1)c1nc(Cl)ccc1Cl. The van der Waals surface area contributed by atoms with Crippen molar-refractivity contribution in [1.29, 1.82) is 0 Å². The molecule has 0 aliphatic carbocycles. The smallest absolute Gasteiger partial charge is 0.275 e. The van der Waals surface area contributed by atoms with Gasteiger partial charge < -0.3 is 5.32 Å². The largest absolute Gasteiger partial charge is 0.321 e. The van der Waals surface area contributed by atoms with Gasteiger partial charge in [0.2, 0.25) is 0 Å². The number of benzene rings is 1. The van der Waals surface area contributed by atoms with Gasteiger partial charge in [0.25, 0.3) is 5.91 Å². The molecule has 92 valence electrons. The molecule has 0 bridgehead atoms. The van der Waals surface area contributed by atoms with Crippen LogP contribution in [0.1, 0.15) is 10.5 Å². The molecule has 0 fully saturated rings. The maximum atomic E-state index is 11.9. The van der Waals surface area contributed by atoms with Gasteiger partial charge in [0, 0.05) is 10.7 Å². The van der Waals surface area contributed by atoms with Gasteiger partial charge in [-0.05, 0) is 36.4 Å². The third-order valence-corrected chi connectivity index (χ3v) is 2.90. The van der Waals surface area contributed by atoms with Crippen molar-refractivity contribution in [3.05, 3.63) is 57.3 Å². The predicted molar refractivity (Wildman–Crippen MR) is 73.7 cm³/mol. The molecule has 0 aliphatic rings. The molecule has 18 heavy (non-hydrogen) atoms. The Morgan fingerprint density at radius 3 is 2.33 bits per heavy atom. The lowest BCUT2D eigenvalue weighted by atomic mass is 10.3. The van der Waals surface area contributed by atoms with E-state index in [1.54, 1.807) is 24.3 Å². The van der Waals surface area contributed by atoms with Crippen LogP contribution in [0.2, 0.25) is 15.2 Å². The molecule has 0 unspecified atom stereocenters. The minimum Gasteiger partial charge on any atom is -0.321 e. The Bertz CT molecular complexity index is 584. The van der Waals surface area contributed by atoms with Gasteiger partial charge in [0.15, 0.2) is 0 Å². The molecule has 2 rings (SSSR count). The van der Waals surface area contributed by atoms with Gasteiger partial charge in [-0.3, -0.25) is 4.79 Å². The number of nitrogens with zero attached hydrogens (tertiary/aromatic N) is 1. The lowest BCUT2D eigenvalue weighted by Gasteiger charge is -2.06. The molecular formula is C12H7Cl3N2O. The summed E-state index contributed by atoms with van der Waals surface area (Å²) >= 11 is 17.3. The molecule has 0 radical (unpaired) electrons. The van der Waals surface area contributed by atoms with Gasteiger partial charge in [-0.15, -0.1) is 0 Å². The summed E-state index contributed by atoms with van der Waals surface area (Å²) in [5, 5.41) is 3.69. The number of aromatic nitrogens is 1. The summed E-state index contributed by atoms with van der Waals surface area (Å²) < 4.78 is 0. The number of amides is 1. The highest BCUT2D eigenvalue weighted by Gasteiger charge is 2.13. The minimum atomic E-state index is -0.426. The molecule has 1 aromatic heterocycles. The Hall–Kier alpha value is -1.29. The monoisotopic (exact) mass is 300 g/mol. The van der Waals surface area contributed by atoms with E-state index in [2.05, 4.69) is 10.3 Å². The summed E-state index contributed by atoms with van der Waals surface area (Å²) in [7, 11) is 0. The number of carbonyl (C=O) groups is 1. The van der Waals surface area contributed by atoms with Crippen LogP contribution in [0.25, 0.3) is 0 Å². The topological polar surface area (TPSA) is 42.0 Å². The van der Waals surface area contributed by atoms with E-state index in [1.807, 2.05) is 0 Å². The van der Waals surface area contributed by atoms with Gasteiger partial charge in [-0.2, -0.15) is 0 Å². The highest BCUT2D eigenvalue weighted by Crippen LogP contribution is 2.19. The molecule has 2 aromatic rings. The second kappa shape index (κ2) is 5.57. The first-order valence-corrected chi connectivity index (χ1v) is 6.08. The molecule has 0 spiro atoms. The fraction of sp³-hybridized carbons (Fsp3) is 0. The zero-order chi connectivity index (χ0) is 13.1. The summed E-state index contributed by atoms with van der Waals surface area (Å²) in [5.74, 6) is -0.426. The van der Waals surface area contributed by atoms with Crippen LogP contribution >= 0.6 is 34.8 Å². The number of nitrogens with one attached hydrogen (secondary N) is 1. The van der Waals surface area contributed by atoms with Crippen LogP contribution < -0.4 is 5.32 Å². The zero-order valence-electron chi connectivity index (χ0n) is 8.95. The second-order valence-corrected chi connectivity index (χ2v) is 4.66. The van der Waals surface area contributed by atoms with Crippen LogP contribution in [-0.4, -0.2) is 10.9 Å². The van der Waals surface area contributed by atoms with E-state index in [-0.39, 0.29) is 15.9 Å². The van der Waals surface area contributed by atoms with Crippen LogP contribution in [0.15, 0.2) is 36.4 Å². The van der Waals surface area contributed by atoms with E-state index in [0.29, 0.717) is 10.7 Å². The van der Waals surface area contributed by atoms with Crippen molar-refractivity contribution in [2.24, 2.45) is 0 Å². The number of hydrogen-bond donors (Lipinski definition) is 1. The Kier molecular flexibility index (Phi) is 4.07. The third kappa shape index (κ3) is 3.13. The van der Waals surface area contributed by atoms with Crippen molar-refractivity contribution < 1.29 is 4.79 Å². The van der Waals surface area contributed by atoms with E-state index in [1.165, 1.54) is 12.1 Å². The second-order valence-electron chi connectivity index (χ2n) is 3.43. The van der Waals surface area contributed by atoms with Crippen molar-refractivity contribution >= 4 is 46.4 Å². The van der Waals surface area contributed by atoms with Crippen LogP contribution in [-0.2, 0) is 0 Å². The zero-order valence-corrected chi connectivity index (χ0v) is 11.2. The summed E-state index contributed by atoms with van der Waals surface area (Å²) in [6.07, 6.45) is 0. The summed E-state index contributed by atoms with van der Waals surface area (Å²) in [5.41, 5.74) is 0.682. The van der Waals surface area contributed by atoms with E-state index in [0.717, 1.165) is 0 Å². The highest BCUT2D eigenvalue weighted by atomic mass is 35.5. The van der Waals surface area contributed by atoms with Crippen molar-refractivity contribution in [2.75, 3.05) is 5.32 Å². The average molecular weight is 302 g/mol. The summed E-state index contributed by atoms with van der Waals surface area (Å²) in [6.45, 7) is 0. The van der Waals surface area contributed by atoms with Crippen molar-refractivity contribution in [2.45, 2.75) is 0 Å². The lowest BCUT2D eigenvalue weighted by Crippen LogP contribution is -2.14. The number of pyridine rings is 1. The molecular weight excluding hydrogens is 295 g/mol. The van der Waals surface area contributed by atoms with Crippen LogP contribution in [0, 0.1) is 0 Å². The Labute approximate surface area is 119 Å². The summed E-state index contributed by atoms with van der Waals surface area (Å²) in [6, 6.07) is 9.74. The van der Waals surface area contributed by atoms with Crippen molar-refractivity contribution in [3.8, 4) is 0 Å². The highest BCUT2D eigenvalue weighted by molar-refractivity contribution is 6.35. The number of anilines is 1. The number of carbonyl (C=O) groups excluding carboxylic acids is 1. The number of halogens is 3. The first-order valence-electron chi connectivity index (χ1n) is 4.95. The third-order valence-electron chi connectivity index (χ3n) is 2.13. The van der Waals surface area contributed by atoms with Gasteiger partial charge >= 0.3 is 0 Å². The predicted octanol–water partition coefficient (Wildman–Crippen LogP) is 4.29. The van der Waals surface area contributed by atoms with Gasteiger partial charge in [-0.1, -0.05) is 34.8 Å². The lowest BCUT2D eigenvalue weighted by molar-refractivity contribution is 0.102. The first-order chi connectivity index (χ1) is 8.56. The molecule has 1 heterocycles. The van der Waals surface area contributed by atoms with E-state index >= 15 is 0 Å². The molecule has 0 aliphatic heterocycles. The maximum Gasteiger partial charge on any atom is 0.275 e. The molecule has 0 atom stereocenters. The van der Waals surface area contributed by atoms with E-state index in [4.69, 9.17) is 34.8 Å². The molecule has 1 aromatic carbocycles. The first kappa shape index (κ1) is 13.1. The van der Waals surface area contributed by atoms with Gasteiger partial charge in [-0.25, -0.2) is 4.98 Å². The minimum absolute atomic E-state index is 0.0825. The standard InChI is InChI=1S/C12H7Cl3N2O/c13-7-1-3-8(4-2-7)16-12(18)11-9(14)5-6-10(15)17-11/h1-6H,(H,16,18). The number of rotatable bonds is 2. The maximum absolute atomic E-state index is 11.9. The number of hydrogen-bond acceptors (Lipinski definition) is 2.